The first-order chi connectivity index (χ1) is 13.5. The summed E-state index contributed by atoms with van der Waals surface area (Å²) in [5.74, 6) is 0.773. The van der Waals surface area contributed by atoms with E-state index in [1.165, 1.54) is 6.26 Å². The maximum atomic E-state index is 12.9. The van der Waals surface area contributed by atoms with Crippen LogP contribution in [0.5, 0.6) is 17.2 Å². The van der Waals surface area contributed by atoms with Gasteiger partial charge in [0.25, 0.3) is 0 Å². The first-order valence-electron chi connectivity index (χ1n) is 9.12. The first-order valence-corrected chi connectivity index (χ1v) is 9.92. The van der Waals surface area contributed by atoms with Crippen molar-refractivity contribution in [3.05, 3.63) is 62.9 Å². The zero-order chi connectivity index (χ0) is 19.7. The Morgan fingerprint density at radius 3 is 2.61 bits per heavy atom. The van der Waals surface area contributed by atoms with Gasteiger partial charge in [0.15, 0.2) is 0 Å². The Labute approximate surface area is 171 Å². The second-order valence-electron chi connectivity index (χ2n) is 6.98. The minimum Gasteiger partial charge on any atom is -0.507 e. The molecule has 1 N–H and O–H groups in total. The third-order valence-electron chi connectivity index (χ3n) is 5.02. The summed E-state index contributed by atoms with van der Waals surface area (Å²) < 4.78 is 12.3. The third-order valence-corrected chi connectivity index (χ3v) is 5.68. The summed E-state index contributed by atoms with van der Waals surface area (Å²) in [6, 6.07) is 10.4. The van der Waals surface area contributed by atoms with E-state index in [0.29, 0.717) is 28.8 Å². The lowest BCUT2D eigenvalue weighted by molar-refractivity contribution is 0.147. The molecule has 7 heteroatoms. The second-order valence-corrected chi connectivity index (χ2v) is 7.84. The van der Waals surface area contributed by atoms with E-state index in [0.717, 1.165) is 30.7 Å². The van der Waals surface area contributed by atoms with Gasteiger partial charge >= 0.3 is 0 Å². The molecule has 6 nitrogen and oxygen atoms in total. The van der Waals surface area contributed by atoms with Gasteiger partial charge in [0, 0.05) is 32.7 Å². The van der Waals surface area contributed by atoms with Gasteiger partial charge in [0.1, 0.15) is 23.3 Å². The standard InChI is InChI=1S/C21H21BrN2O4/c1-23-8-10-24(11-9-23)12-15-17(25)7-6-14-20(26)19(13-27-21(14)15)28-18-5-3-2-4-16(18)22/h2-7,13,25H,8-12H2,1H3. The molecule has 1 saturated heterocycles. The predicted molar refractivity (Wildman–Crippen MR) is 111 cm³/mol. The highest BCUT2D eigenvalue weighted by atomic mass is 79.9. The lowest BCUT2D eigenvalue weighted by atomic mass is 10.1. The van der Waals surface area contributed by atoms with Crippen molar-refractivity contribution < 1.29 is 14.3 Å². The van der Waals surface area contributed by atoms with Gasteiger partial charge in [-0.15, -0.1) is 0 Å². The second kappa shape index (κ2) is 7.95. The van der Waals surface area contributed by atoms with Gasteiger partial charge in [-0.2, -0.15) is 0 Å². The van der Waals surface area contributed by atoms with Crippen molar-refractivity contribution in [2.24, 2.45) is 0 Å². The molecule has 0 aliphatic carbocycles. The van der Waals surface area contributed by atoms with E-state index in [2.05, 4.69) is 32.8 Å². The van der Waals surface area contributed by atoms with E-state index in [1.807, 2.05) is 18.2 Å². The highest BCUT2D eigenvalue weighted by Gasteiger charge is 2.20. The van der Waals surface area contributed by atoms with E-state index >= 15 is 0 Å². The molecule has 4 rings (SSSR count). The van der Waals surface area contributed by atoms with E-state index in [9.17, 15) is 9.90 Å². The molecule has 0 bridgehead atoms. The number of piperazine rings is 1. The number of para-hydroxylation sites is 1. The van der Waals surface area contributed by atoms with Crippen LogP contribution in [0.15, 0.2) is 56.3 Å². The number of phenolic OH excluding ortho intramolecular Hbond substituents is 1. The van der Waals surface area contributed by atoms with Gasteiger partial charge in [0.05, 0.1) is 15.4 Å². The zero-order valence-electron chi connectivity index (χ0n) is 15.5. The van der Waals surface area contributed by atoms with Crippen LogP contribution in [0.2, 0.25) is 0 Å². The summed E-state index contributed by atoms with van der Waals surface area (Å²) in [5, 5.41) is 10.8. The van der Waals surface area contributed by atoms with Crippen LogP contribution >= 0.6 is 15.9 Å². The van der Waals surface area contributed by atoms with Gasteiger partial charge < -0.3 is 19.2 Å². The minimum absolute atomic E-state index is 0.107. The van der Waals surface area contributed by atoms with Gasteiger partial charge in [-0.05, 0) is 47.2 Å². The number of hydrogen-bond acceptors (Lipinski definition) is 6. The number of fused-ring (bicyclic) bond motifs is 1. The SMILES string of the molecule is CN1CCN(Cc2c(O)ccc3c(=O)c(Oc4ccccc4Br)coc23)CC1. The largest absolute Gasteiger partial charge is 0.507 e. The Hall–Kier alpha value is -2.35. The fraction of sp³-hybridized carbons (Fsp3) is 0.286. The Morgan fingerprint density at radius 2 is 1.86 bits per heavy atom. The predicted octanol–water partition coefficient (Wildman–Crippen LogP) is 3.80. The number of phenols is 1. The molecule has 0 amide bonds. The summed E-state index contributed by atoms with van der Waals surface area (Å²) in [7, 11) is 2.10. The fourth-order valence-corrected chi connectivity index (χ4v) is 3.69. The topological polar surface area (TPSA) is 66.2 Å². The highest BCUT2D eigenvalue weighted by molar-refractivity contribution is 9.10. The number of halogens is 1. The van der Waals surface area contributed by atoms with Gasteiger partial charge in [-0.3, -0.25) is 9.69 Å². The average Bonchev–Trinajstić information content (AvgIpc) is 2.69. The van der Waals surface area contributed by atoms with E-state index < -0.39 is 0 Å². The Kier molecular flexibility index (Phi) is 5.39. The number of hydrogen-bond donors (Lipinski definition) is 1. The van der Waals surface area contributed by atoms with E-state index in [4.69, 9.17) is 9.15 Å². The molecule has 1 aliphatic heterocycles. The van der Waals surface area contributed by atoms with Crippen molar-refractivity contribution in [2.75, 3.05) is 33.2 Å². The van der Waals surface area contributed by atoms with Crippen LogP contribution in [-0.2, 0) is 6.54 Å². The number of likely N-dealkylation sites (N-methyl/N-ethyl adjacent to an activating group) is 1. The molecule has 1 fully saturated rings. The quantitative estimate of drug-likeness (QED) is 0.659. The van der Waals surface area contributed by atoms with Crippen molar-refractivity contribution in [3.8, 4) is 17.2 Å². The van der Waals surface area contributed by atoms with Crippen LogP contribution in [0.4, 0.5) is 0 Å². The summed E-state index contributed by atoms with van der Waals surface area (Å²) in [6.07, 6.45) is 1.32. The van der Waals surface area contributed by atoms with Crippen LogP contribution in [0.3, 0.4) is 0 Å². The maximum absolute atomic E-state index is 12.9. The minimum atomic E-state index is -0.267. The maximum Gasteiger partial charge on any atom is 0.235 e. The summed E-state index contributed by atoms with van der Waals surface area (Å²) in [4.78, 5) is 17.5. The summed E-state index contributed by atoms with van der Waals surface area (Å²) in [6.45, 7) is 4.28. The van der Waals surface area contributed by atoms with E-state index in [-0.39, 0.29) is 16.9 Å². The molecule has 0 radical (unpaired) electrons. The van der Waals surface area contributed by atoms with Gasteiger partial charge in [-0.1, -0.05) is 12.1 Å². The normalized spacial score (nSPS) is 15.8. The molecule has 2 heterocycles. The molecular formula is C21H21BrN2O4. The van der Waals surface area contributed by atoms with Crippen molar-refractivity contribution >= 4 is 26.9 Å². The van der Waals surface area contributed by atoms with Gasteiger partial charge in [-0.25, -0.2) is 0 Å². The van der Waals surface area contributed by atoms with Gasteiger partial charge in [0.2, 0.25) is 11.2 Å². The lowest BCUT2D eigenvalue weighted by Gasteiger charge is -2.32. The molecule has 2 aromatic carbocycles. The first kappa shape index (κ1) is 19.0. The molecular weight excluding hydrogens is 424 g/mol. The number of rotatable bonds is 4. The molecule has 1 aromatic heterocycles. The van der Waals surface area contributed by atoms with Crippen molar-refractivity contribution in [1.29, 1.82) is 0 Å². The van der Waals surface area contributed by atoms with Crippen molar-refractivity contribution in [2.45, 2.75) is 6.54 Å². The number of nitrogens with zero attached hydrogens (tertiary/aromatic N) is 2. The lowest BCUT2D eigenvalue weighted by Crippen LogP contribution is -2.43. The molecule has 0 spiro atoms. The molecule has 0 unspecified atom stereocenters. The molecule has 0 atom stereocenters. The average molecular weight is 445 g/mol. The van der Waals surface area contributed by atoms with Crippen molar-refractivity contribution in [3.63, 3.8) is 0 Å². The van der Waals surface area contributed by atoms with Crippen LogP contribution in [0, 0.1) is 0 Å². The monoisotopic (exact) mass is 444 g/mol. The summed E-state index contributed by atoms with van der Waals surface area (Å²) >= 11 is 3.41. The molecule has 0 saturated carbocycles. The molecule has 1 aliphatic rings. The van der Waals surface area contributed by atoms with Crippen LogP contribution in [-0.4, -0.2) is 48.1 Å². The van der Waals surface area contributed by atoms with Crippen molar-refractivity contribution in [1.82, 2.24) is 9.80 Å². The number of ether oxygens (including phenoxy) is 1. The smallest absolute Gasteiger partial charge is 0.235 e. The number of aromatic hydroxyl groups is 1. The third kappa shape index (κ3) is 3.78. The fourth-order valence-electron chi connectivity index (χ4n) is 3.33. The molecule has 28 heavy (non-hydrogen) atoms. The van der Waals surface area contributed by atoms with E-state index in [1.54, 1.807) is 18.2 Å². The van der Waals surface area contributed by atoms with Crippen LogP contribution in [0.25, 0.3) is 11.0 Å². The Morgan fingerprint density at radius 1 is 1.11 bits per heavy atom. The summed E-state index contributed by atoms with van der Waals surface area (Å²) in [5.41, 5.74) is 0.770. The molecule has 146 valence electrons. The Balaban J connectivity index is 1.69. The Bertz CT molecular complexity index is 1060. The highest BCUT2D eigenvalue weighted by Crippen LogP contribution is 2.31. The zero-order valence-corrected chi connectivity index (χ0v) is 17.1. The number of benzene rings is 2. The van der Waals surface area contributed by atoms with Crippen LogP contribution in [0.1, 0.15) is 5.56 Å². The molecule has 3 aromatic rings. The van der Waals surface area contributed by atoms with Crippen LogP contribution < -0.4 is 10.2 Å².